The molecule has 6 nitrogen and oxygen atoms in total. The summed E-state index contributed by atoms with van der Waals surface area (Å²) >= 11 is 0. The van der Waals surface area contributed by atoms with Gasteiger partial charge in [0.05, 0.1) is 0 Å². The Morgan fingerprint density at radius 3 is 2.88 bits per heavy atom. The molecule has 0 aliphatic carbocycles. The highest BCUT2D eigenvalue weighted by Gasteiger charge is 2.05. The first-order valence-corrected chi connectivity index (χ1v) is 7.45. The van der Waals surface area contributed by atoms with Crippen molar-refractivity contribution in [3.05, 3.63) is 70.3 Å². The number of rotatable bonds is 5. The Morgan fingerprint density at radius 1 is 1.21 bits per heavy atom. The van der Waals surface area contributed by atoms with Gasteiger partial charge in [0.1, 0.15) is 11.3 Å². The van der Waals surface area contributed by atoms with Gasteiger partial charge in [-0.25, -0.2) is 4.79 Å². The quantitative estimate of drug-likeness (QED) is 0.728. The van der Waals surface area contributed by atoms with Crippen LogP contribution in [0.4, 0.5) is 0 Å². The molecule has 0 atom stereocenters. The van der Waals surface area contributed by atoms with Crippen molar-refractivity contribution >= 4 is 16.9 Å². The zero-order valence-electron chi connectivity index (χ0n) is 13.1. The average Bonchev–Trinajstić information content (AvgIpc) is 2.58. The highest BCUT2D eigenvalue weighted by Crippen LogP contribution is 2.19. The maximum Gasteiger partial charge on any atom is 0.336 e. The fourth-order valence-corrected chi connectivity index (χ4v) is 2.25. The Morgan fingerprint density at radius 2 is 2.04 bits per heavy atom. The summed E-state index contributed by atoms with van der Waals surface area (Å²) in [4.78, 5) is 27.2. The first kappa shape index (κ1) is 15.7. The molecule has 1 N–H and O–H groups in total. The van der Waals surface area contributed by atoms with Crippen LogP contribution in [0, 0.1) is 6.92 Å². The van der Waals surface area contributed by atoms with Crippen LogP contribution in [0.1, 0.15) is 11.3 Å². The number of nitrogens with one attached hydrogen (secondary N) is 1. The predicted molar refractivity (Wildman–Crippen MR) is 88.8 cm³/mol. The molecule has 3 rings (SSSR count). The van der Waals surface area contributed by atoms with Gasteiger partial charge in [-0.05, 0) is 42.8 Å². The van der Waals surface area contributed by atoms with Crippen LogP contribution in [0.15, 0.2) is 57.9 Å². The molecule has 2 aromatic heterocycles. The molecule has 0 radical (unpaired) electrons. The molecular weight excluding hydrogens is 308 g/mol. The van der Waals surface area contributed by atoms with E-state index in [1.54, 1.807) is 30.5 Å². The summed E-state index contributed by atoms with van der Waals surface area (Å²) in [6.45, 7) is 2.19. The second kappa shape index (κ2) is 6.95. The van der Waals surface area contributed by atoms with E-state index in [-0.39, 0.29) is 12.5 Å². The van der Waals surface area contributed by atoms with Crippen LogP contribution in [0.3, 0.4) is 0 Å². The lowest BCUT2D eigenvalue weighted by Crippen LogP contribution is -2.28. The molecule has 0 bridgehead atoms. The highest BCUT2D eigenvalue weighted by molar-refractivity contribution is 5.79. The number of hydrogen-bond acceptors (Lipinski definition) is 5. The van der Waals surface area contributed by atoms with Gasteiger partial charge < -0.3 is 14.5 Å². The summed E-state index contributed by atoms with van der Waals surface area (Å²) < 4.78 is 10.5. The van der Waals surface area contributed by atoms with E-state index in [2.05, 4.69) is 10.3 Å². The number of fused-ring (bicyclic) bond motifs is 1. The van der Waals surface area contributed by atoms with Gasteiger partial charge in [0.2, 0.25) is 0 Å². The monoisotopic (exact) mass is 324 g/mol. The Labute approximate surface area is 138 Å². The van der Waals surface area contributed by atoms with Crippen molar-refractivity contribution < 1.29 is 13.9 Å². The van der Waals surface area contributed by atoms with E-state index in [9.17, 15) is 9.59 Å². The van der Waals surface area contributed by atoms with Crippen LogP contribution < -0.4 is 15.7 Å². The van der Waals surface area contributed by atoms with Crippen LogP contribution in [0.5, 0.6) is 5.75 Å². The van der Waals surface area contributed by atoms with Gasteiger partial charge in [-0.2, -0.15) is 0 Å². The van der Waals surface area contributed by atoms with Gasteiger partial charge in [-0.15, -0.1) is 0 Å². The zero-order valence-corrected chi connectivity index (χ0v) is 13.1. The number of amides is 1. The normalized spacial score (nSPS) is 10.5. The molecule has 0 saturated heterocycles. The van der Waals surface area contributed by atoms with Crippen LogP contribution >= 0.6 is 0 Å². The van der Waals surface area contributed by atoms with E-state index in [1.807, 2.05) is 19.1 Å². The minimum atomic E-state index is -0.426. The van der Waals surface area contributed by atoms with Crippen molar-refractivity contribution in [1.82, 2.24) is 10.3 Å². The third-order valence-corrected chi connectivity index (χ3v) is 3.42. The molecule has 2 heterocycles. The largest absolute Gasteiger partial charge is 0.484 e. The summed E-state index contributed by atoms with van der Waals surface area (Å²) in [5.74, 6) is 0.228. The Balaban J connectivity index is 1.57. The first-order valence-electron chi connectivity index (χ1n) is 7.45. The Kier molecular flexibility index (Phi) is 4.56. The second-order valence-corrected chi connectivity index (χ2v) is 5.32. The topological polar surface area (TPSA) is 81.4 Å². The Hall–Kier alpha value is -3.15. The highest BCUT2D eigenvalue weighted by atomic mass is 16.5. The number of aryl methyl sites for hydroxylation is 1. The predicted octanol–water partition coefficient (Wildman–Crippen LogP) is 2.19. The van der Waals surface area contributed by atoms with E-state index >= 15 is 0 Å². The van der Waals surface area contributed by atoms with E-state index in [1.165, 1.54) is 6.07 Å². The van der Waals surface area contributed by atoms with Crippen LogP contribution in [-0.4, -0.2) is 17.5 Å². The Bertz CT molecular complexity index is 933. The molecule has 0 fully saturated rings. The molecule has 0 unspecified atom stereocenters. The molecule has 1 amide bonds. The van der Waals surface area contributed by atoms with Crippen LogP contribution in [-0.2, 0) is 11.3 Å². The SMILES string of the molecule is Cc1cc(CNC(=O)COc2ccc3ccc(=O)oc3c2)ccn1. The smallest absolute Gasteiger partial charge is 0.336 e. The van der Waals surface area contributed by atoms with Gasteiger partial charge in [-0.3, -0.25) is 9.78 Å². The lowest BCUT2D eigenvalue weighted by atomic mass is 10.2. The number of ether oxygens (including phenoxy) is 1. The minimum Gasteiger partial charge on any atom is -0.484 e. The van der Waals surface area contributed by atoms with Crippen LogP contribution in [0.2, 0.25) is 0 Å². The summed E-state index contributed by atoms with van der Waals surface area (Å²) in [6, 6.07) is 11.9. The maximum atomic E-state index is 11.9. The molecule has 122 valence electrons. The summed E-state index contributed by atoms with van der Waals surface area (Å²) in [7, 11) is 0. The number of benzene rings is 1. The summed E-state index contributed by atoms with van der Waals surface area (Å²) in [5, 5.41) is 3.57. The molecule has 24 heavy (non-hydrogen) atoms. The number of hydrogen-bond donors (Lipinski definition) is 1. The molecule has 0 saturated carbocycles. The molecule has 1 aromatic carbocycles. The van der Waals surface area contributed by atoms with E-state index in [0.717, 1.165) is 16.6 Å². The molecule has 0 spiro atoms. The van der Waals surface area contributed by atoms with Crippen molar-refractivity contribution in [3.63, 3.8) is 0 Å². The molecule has 0 aliphatic heterocycles. The molecule has 0 aliphatic rings. The van der Waals surface area contributed by atoms with Crippen molar-refractivity contribution in [3.8, 4) is 5.75 Å². The number of carbonyl (C=O) groups is 1. The standard InChI is InChI=1S/C18H16N2O4/c1-12-8-13(6-7-19-12)10-20-17(21)11-23-15-4-2-14-3-5-18(22)24-16(14)9-15/h2-9H,10-11H2,1H3,(H,20,21). The number of carbonyl (C=O) groups excluding carboxylic acids is 1. The molecule has 6 heteroatoms. The minimum absolute atomic E-state index is 0.118. The van der Waals surface area contributed by atoms with E-state index < -0.39 is 5.63 Å². The van der Waals surface area contributed by atoms with Gasteiger partial charge in [-0.1, -0.05) is 0 Å². The summed E-state index contributed by atoms with van der Waals surface area (Å²) in [6.07, 6.45) is 1.70. The summed E-state index contributed by atoms with van der Waals surface area (Å²) in [5.41, 5.74) is 1.87. The number of nitrogens with zero attached hydrogens (tertiary/aromatic N) is 1. The first-order chi connectivity index (χ1) is 11.6. The second-order valence-electron chi connectivity index (χ2n) is 5.32. The van der Waals surface area contributed by atoms with Crippen molar-refractivity contribution in [2.45, 2.75) is 13.5 Å². The third-order valence-electron chi connectivity index (χ3n) is 3.42. The van der Waals surface area contributed by atoms with Crippen LogP contribution in [0.25, 0.3) is 11.0 Å². The lowest BCUT2D eigenvalue weighted by Gasteiger charge is -2.08. The van der Waals surface area contributed by atoms with E-state index in [0.29, 0.717) is 17.9 Å². The number of pyridine rings is 1. The fraction of sp³-hybridized carbons (Fsp3) is 0.167. The number of aromatic nitrogens is 1. The van der Waals surface area contributed by atoms with Gasteiger partial charge in [0, 0.05) is 36.0 Å². The van der Waals surface area contributed by atoms with E-state index in [4.69, 9.17) is 9.15 Å². The van der Waals surface area contributed by atoms with Crippen molar-refractivity contribution in [2.75, 3.05) is 6.61 Å². The third kappa shape index (κ3) is 3.98. The van der Waals surface area contributed by atoms with Crippen molar-refractivity contribution in [2.24, 2.45) is 0 Å². The molecule has 3 aromatic rings. The van der Waals surface area contributed by atoms with Gasteiger partial charge >= 0.3 is 5.63 Å². The maximum absolute atomic E-state index is 11.9. The fourth-order valence-electron chi connectivity index (χ4n) is 2.25. The zero-order chi connectivity index (χ0) is 16.9. The van der Waals surface area contributed by atoms with Gasteiger partial charge in [0.25, 0.3) is 5.91 Å². The van der Waals surface area contributed by atoms with Crippen molar-refractivity contribution in [1.29, 1.82) is 0 Å². The lowest BCUT2D eigenvalue weighted by molar-refractivity contribution is -0.123. The van der Waals surface area contributed by atoms with Gasteiger partial charge in [0.15, 0.2) is 6.61 Å². The average molecular weight is 324 g/mol. The molecular formula is C18H16N2O4.